The average Bonchev–Trinajstić information content (AvgIpc) is 2.37. The van der Waals surface area contributed by atoms with Crippen molar-refractivity contribution >= 4 is 16.7 Å². The molecule has 2 aromatic carbocycles. The van der Waals surface area contributed by atoms with Crippen molar-refractivity contribution in [1.29, 1.82) is 0 Å². The van der Waals surface area contributed by atoms with Gasteiger partial charge in [0.05, 0.1) is 19.5 Å². The van der Waals surface area contributed by atoms with E-state index in [4.69, 9.17) is 0 Å². The van der Waals surface area contributed by atoms with Crippen LogP contribution >= 0.6 is 0 Å². The molecule has 3 nitrogen and oxygen atoms in total. The van der Waals surface area contributed by atoms with Gasteiger partial charge in [-0.05, 0) is 16.3 Å². The van der Waals surface area contributed by atoms with Crippen LogP contribution in [0.15, 0.2) is 42.5 Å². The highest BCUT2D eigenvalue weighted by Gasteiger charge is 2.05. The molecule has 4 N–H and O–H groups in total. The lowest BCUT2D eigenvalue weighted by Gasteiger charge is -2.06. The first-order valence-electron chi connectivity index (χ1n) is 5.84. The van der Waals surface area contributed by atoms with Crippen molar-refractivity contribution in [2.75, 3.05) is 13.1 Å². The Morgan fingerprint density at radius 3 is 2.71 bits per heavy atom. The van der Waals surface area contributed by atoms with Gasteiger partial charge in [0.2, 0.25) is 5.91 Å². The summed E-state index contributed by atoms with van der Waals surface area (Å²) in [4.78, 5) is 11.7. The van der Waals surface area contributed by atoms with Gasteiger partial charge < -0.3 is 11.1 Å². The van der Waals surface area contributed by atoms with E-state index in [0.29, 0.717) is 13.0 Å². The Kier molecular flexibility index (Phi) is 3.73. The molecule has 88 valence electrons. The second kappa shape index (κ2) is 5.46. The Bertz CT molecular complexity index is 517. The normalized spacial score (nSPS) is 10.4. The van der Waals surface area contributed by atoms with Gasteiger partial charge in [-0.15, -0.1) is 0 Å². The van der Waals surface area contributed by atoms with Crippen molar-refractivity contribution in [3.05, 3.63) is 48.0 Å². The summed E-state index contributed by atoms with van der Waals surface area (Å²) in [6, 6.07) is 14.2. The maximum atomic E-state index is 11.7. The number of amides is 1. The molecule has 0 radical (unpaired) electrons. The van der Waals surface area contributed by atoms with Gasteiger partial charge in [-0.25, -0.2) is 0 Å². The molecule has 2 rings (SSSR count). The van der Waals surface area contributed by atoms with Crippen LogP contribution in [0.2, 0.25) is 0 Å². The minimum atomic E-state index is 0.0602. The van der Waals surface area contributed by atoms with E-state index < -0.39 is 0 Å². The molecule has 3 heteroatoms. The zero-order chi connectivity index (χ0) is 12.1. The van der Waals surface area contributed by atoms with E-state index in [2.05, 4.69) is 29.2 Å². The molecule has 0 aliphatic carbocycles. The van der Waals surface area contributed by atoms with E-state index in [1.54, 1.807) is 0 Å². The lowest BCUT2D eigenvalue weighted by molar-refractivity contribution is -0.364. The molecule has 0 aromatic heterocycles. The lowest BCUT2D eigenvalue weighted by Crippen LogP contribution is -2.55. The Balaban J connectivity index is 2.21. The highest BCUT2D eigenvalue weighted by molar-refractivity contribution is 5.90. The summed E-state index contributed by atoms with van der Waals surface area (Å²) in [6.07, 6.45) is 0.432. The second-order valence-electron chi connectivity index (χ2n) is 4.02. The Hall–Kier alpha value is -1.87. The van der Waals surface area contributed by atoms with Crippen molar-refractivity contribution in [1.82, 2.24) is 5.32 Å². The van der Waals surface area contributed by atoms with Gasteiger partial charge in [0, 0.05) is 0 Å². The zero-order valence-electron chi connectivity index (χ0n) is 9.78. The molecule has 0 bridgehead atoms. The van der Waals surface area contributed by atoms with Crippen LogP contribution in [0.4, 0.5) is 0 Å². The SMILES string of the molecule is [NH3+]CCNC(=O)Cc1cccc2ccccc12. The van der Waals surface area contributed by atoms with Crippen LogP contribution in [0, 0.1) is 0 Å². The van der Waals surface area contributed by atoms with Gasteiger partial charge in [0.25, 0.3) is 0 Å². The van der Waals surface area contributed by atoms with E-state index in [9.17, 15) is 4.79 Å². The molecule has 0 aliphatic rings. The fourth-order valence-electron chi connectivity index (χ4n) is 1.91. The molecule has 1 amide bonds. The van der Waals surface area contributed by atoms with Crippen LogP contribution in [-0.4, -0.2) is 19.0 Å². The van der Waals surface area contributed by atoms with E-state index in [0.717, 1.165) is 17.5 Å². The second-order valence-corrected chi connectivity index (χ2v) is 4.02. The third kappa shape index (κ3) is 2.82. The molecule has 0 fully saturated rings. The highest BCUT2D eigenvalue weighted by atomic mass is 16.1. The fraction of sp³-hybridized carbons (Fsp3) is 0.214. The maximum absolute atomic E-state index is 11.7. The molecule has 17 heavy (non-hydrogen) atoms. The average molecular weight is 229 g/mol. The largest absolute Gasteiger partial charge is 0.356 e. The number of quaternary nitrogens is 1. The third-order valence-corrected chi connectivity index (χ3v) is 2.73. The smallest absolute Gasteiger partial charge is 0.224 e. The van der Waals surface area contributed by atoms with E-state index in [1.165, 1.54) is 5.39 Å². The van der Waals surface area contributed by atoms with Gasteiger partial charge in [0.1, 0.15) is 0 Å². The summed E-state index contributed by atoms with van der Waals surface area (Å²) < 4.78 is 0. The number of benzene rings is 2. The summed E-state index contributed by atoms with van der Waals surface area (Å²) in [5.41, 5.74) is 4.77. The molecule has 0 unspecified atom stereocenters. The van der Waals surface area contributed by atoms with E-state index >= 15 is 0 Å². The van der Waals surface area contributed by atoms with Crippen LogP contribution < -0.4 is 11.1 Å². The highest BCUT2D eigenvalue weighted by Crippen LogP contribution is 2.18. The van der Waals surface area contributed by atoms with Gasteiger partial charge in [0.15, 0.2) is 0 Å². The summed E-state index contributed by atoms with van der Waals surface area (Å²) >= 11 is 0. The predicted molar refractivity (Wildman–Crippen MR) is 68.4 cm³/mol. The van der Waals surface area contributed by atoms with Crippen molar-refractivity contribution in [3.63, 3.8) is 0 Å². The zero-order valence-corrected chi connectivity index (χ0v) is 9.78. The molecular weight excluding hydrogens is 212 g/mol. The van der Waals surface area contributed by atoms with E-state index in [-0.39, 0.29) is 5.91 Å². The number of carbonyl (C=O) groups is 1. The van der Waals surface area contributed by atoms with Crippen molar-refractivity contribution in [2.24, 2.45) is 0 Å². The monoisotopic (exact) mass is 229 g/mol. The Morgan fingerprint density at radius 2 is 1.88 bits per heavy atom. The first-order chi connectivity index (χ1) is 8.31. The summed E-state index contributed by atoms with van der Waals surface area (Å²) in [5.74, 6) is 0.0602. The summed E-state index contributed by atoms with van der Waals surface area (Å²) in [5, 5.41) is 5.17. The topological polar surface area (TPSA) is 56.7 Å². The molecular formula is C14H17N2O+. The molecule has 0 heterocycles. The lowest BCUT2D eigenvalue weighted by atomic mass is 10.0. The standard InChI is InChI=1S/C14H16N2O/c15-8-9-16-14(17)10-12-6-3-5-11-4-1-2-7-13(11)12/h1-7H,8-10,15H2,(H,16,17)/p+1. The molecule has 0 aliphatic heterocycles. The van der Waals surface area contributed by atoms with Gasteiger partial charge in [-0.3, -0.25) is 4.79 Å². The van der Waals surface area contributed by atoms with Crippen LogP contribution in [0.5, 0.6) is 0 Å². The van der Waals surface area contributed by atoms with E-state index in [1.807, 2.05) is 24.3 Å². The van der Waals surface area contributed by atoms with Crippen LogP contribution in [0.1, 0.15) is 5.56 Å². The number of carbonyl (C=O) groups excluding carboxylic acids is 1. The van der Waals surface area contributed by atoms with Crippen LogP contribution in [0.25, 0.3) is 10.8 Å². The first kappa shape index (κ1) is 11.6. The fourth-order valence-corrected chi connectivity index (χ4v) is 1.91. The van der Waals surface area contributed by atoms with Crippen molar-refractivity contribution in [2.45, 2.75) is 6.42 Å². The molecule has 0 atom stereocenters. The van der Waals surface area contributed by atoms with Crippen molar-refractivity contribution < 1.29 is 10.5 Å². The number of nitrogens with one attached hydrogen (secondary N) is 1. The maximum Gasteiger partial charge on any atom is 0.224 e. The van der Waals surface area contributed by atoms with Gasteiger partial charge >= 0.3 is 0 Å². The van der Waals surface area contributed by atoms with Crippen LogP contribution in [-0.2, 0) is 11.2 Å². The van der Waals surface area contributed by atoms with Gasteiger partial charge in [-0.1, -0.05) is 42.5 Å². The first-order valence-corrected chi connectivity index (χ1v) is 5.84. The van der Waals surface area contributed by atoms with Crippen LogP contribution in [0.3, 0.4) is 0 Å². The quantitative estimate of drug-likeness (QED) is 0.798. The number of fused-ring (bicyclic) bond motifs is 1. The molecule has 0 saturated heterocycles. The number of hydrogen-bond acceptors (Lipinski definition) is 1. The number of hydrogen-bond donors (Lipinski definition) is 2. The van der Waals surface area contributed by atoms with Crippen molar-refractivity contribution in [3.8, 4) is 0 Å². The van der Waals surface area contributed by atoms with Gasteiger partial charge in [-0.2, -0.15) is 0 Å². The Labute approximate surface area is 101 Å². The molecule has 0 spiro atoms. The third-order valence-electron chi connectivity index (χ3n) is 2.73. The molecule has 2 aromatic rings. The molecule has 0 saturated carbocycles. The predicted octanol–water partition coefficient (Wildman–Crippen LogP) is 0.740. The Morgan fingerprint density at radius 1 is 1.12 bits per heavy atom. The summed E-state index contributed by atoms with van der Waals surface area (Å²) in [6.45, 7) is 1.37. The minimum absolute atomic E-state index is 0.0602. The summed E-state index contributed by atoms with van der Waals surface area (Å²) in [7, 11) is 0. The minimum Gasteiger partial charge on any atom is -0.356 e. The number of rotatable bonds is 4.